The van der Waals surface area contributed by atoms with Crippen LogP contribution in [-0.4, -0.2) is 35.2 Å². The molecule has 0 aromatic heterocycles. The number of amidine groups is 1. The van der Waals surface area contributed by atoms with Crippen molar-refractivity contribution < 1.29 is 13.9 Å². The number of nitrogens with zero attached hydrogens (tertiary/aromatic N) is 2. The Morgan fingerprint density at radius 2 is 1.97 bits per heavy atom. The lowest BCUT2D eigenvalue weighted by Gasteiger charge is -2.19. The summed E-state index contributed by atoms with van der Waals surface area (Å²) in [6, 6.07) is 20.3. The van der Waals surface area contributed by atoms with Crippen molar-refractivity contribution >= 4 is 45.4 Å². The maximum atomic E-state index is 13.6. The van der Waals surface area contributed by atoms with E-state index in [1.54, 1.807) is 23.1 Å². The highest BCUT2D eigenvalue weighted by Gasteiger charge is 2.36. The molecule has 3 aromatic rings. The number of fused-ring (bicyclic) bond motifs is 1. The van der Waals surface area contributed by atoms with Crippen LogP contribution in [0.15, 0.2) is 76.6 Å². The Kier molecular flexibility index (Phi) is 5.57. The molecule has 31 heavy (non-hydrogen) atoms. The highest BCUT2D eigenvalue weighted by Crippen LogP contribution is 2.36. The van der Waals surface area contributed by atoms with Crippen molar-refractivity contribution in [2.75, 3.05) is 13.2 Å². The summed E-state index contributed by atoms with van der Waals surface area (Å²) in [7, 11) is 0. The van der Waals surface area contributed by atoms with Crippen LogP contribution in [0.2, 0.25) is 0 Å². The molecule has 1 atom stereocenters. The van der Waals surface area contributed by atoms with Crippen LogP contribution in [0.1, 0.15) is 18.4 Å². The Bertz CT molecular complexity index is 1200. The van der Waals surface area contributed by atoms with Crippen molar-refractivity contribution in [3.05, 3.63) is 83.0 Å². The first-order valence-electron chi connectivity index (χ1n) is 10.3. The van der Waals surface area contributed by atoms with Gasteiger partial charge in [0.15, 0.2) is 5.17 Å². The average molecular weight is 433 g/mol. The maximum Gasteiger partial charge on any atom is 0.266 e. The molecule has 0 radical (unpaired) electrons. The molecule has 0 spiro atoms. The molecule has 156 valence electrons. The van der Waals surface area contributed by atoms with Gasteiger partial charge >= 0.3 is 0 Å². The third-order valence-electron chi connectivity index (χ3n) is 5.43. The van der Waals surface area contributed by atoms with E-state index in [0.717, 1.165) is 35.9 Å². The van der Waals surface area contributed by atoms with Crippen molar-refractivity contribution in [3.63, 3.8) is 0 Å². The Labute approximate surface area is 184 Å². The third-order valence-corrected chi connectivity index (χ3v) is 6.43. The fourth-order valence-corrected chi connectivity index (χ4v) is 4.90. The van der Waals surface area contributed by atoms with Crippen molar-refractivity contribution in [3.8, 4) is 0 Å². The molecule has 1 amide bonds. The van der Waals surface area contributed by atoms with Crippen LogP contribution in [0, 0.1) is 5.82 Å². The summed E-state index contributed by atoms with van der Waals surface area (Å²) >= 11 is 1.32. The monoisotopic (exact) mass is 432 g/mol. The van der Waals surface area contributed by atoms with Gasteiger partial charge < -0.3 is 4.74 Å². The largest absolute Gasteiger partial charge is 0.376 e. The van der Waals surface area contributed by atoms with E-state index in [0.29, 0.717) is 22.2 Å². The molecule has 2 aliphatic heterocycles. The Morgan fingerprint density at radius 1 is 1.13 bits per heavy atom. The zero-order valence-corrected chi connectivity index (χ0v) is 17.6. The predicted molar refractivity (Wildman–Crippen MR) is 124 cm³/mol. The zero-order valence-electron chi connectivity index (χ0n) is 16.8. The average Bonchev–Trinajstić information content (AvgIpc) is 3.39. The quantitative estimate of drug-likeness (QED) is 0.492. The van der Waals surface area contributed by atoms with Crippen LogP contribution >= 0.6 is 11.8 Å². The van der Waals surface area contributed by atoms with Crippen molar-refractivity contribution in [2.24, 2.45) is 4.99 Å². The topological polar surface area (TPSA) is 41.9 Å². The van der Waals surface area contributed by atoms with Gasteiger partial charge in [0.1, 0.15) is 5.82 Å². The van der Waals surface area contributed by atoms with Gasteiger partial charge in [-0.3, -0.25) is 9.69 Å². The standard InChI is InChI=1S/C25H21FN2O2S/c26-19-9-3-6-17(14-19)15-23-24(29)28(16-20-10-5-13-30-20)25(31-23)27-22-12-4-8-18-7-1-2-11-21(18)22/h1-4,6-9,11-12,14-15,20H,5,10,13,16H2/b23-15-,27-25?. The second-order valence-corrected chi connectivity index (χ2v) is 8.62. The van der Waals surface area contributed by atoms with Crippen molar-refractivity contribution in [1.82, 2.24) is 4.90 Å². The van der Waals surface area contributed by atoms with E-state index in [-0.39, 0.29) is 17.8 Å². The minimum atomic E-state index is -0.328. The van der Waals surface area contributed by atoms with E-state index in [4.69, 9.17) is 9.73 Å². The van der Waals surface area contributed by atoms with Gasteiger partial charge in [0.2, 0.25) is 0 Å². The smallest absolute Gasteiger partial charge is 0.266 e. The molecule has 0 N–H and O–H groups in total. The number of carbonyl (C=O) groups excluding carboxylic acids is 1. The summed E-state index contributed by atoms with van der Waals surface area (Å²) in [6.45, 7) is 1.19. The summed E-state index contributed by atoms with van der Waals surface area (Å²) in [4.78, 5) is 20.4. The molecule has 0 bridgehead atoms. The minimum absolute atomic E-state index is 0.00999. The molecule has 1 unspecified atom stereocenters. The van der Waals surface area contributed by atoms with E-state index in [2.05, 4.69) is 0 Å². The highest BCUT2D eigenvalue weighted by atomic mass is 32.2. The molecule has 0 aliphatic carbocycles. The van der Waals surface area contributed by atoms with Crippen molar-refractivity contribution in [2.45, 2.75) is 18.9 Å². The van der Waals surface area contributed by atoms with Crippen LogP contribution in [0.5, 0.6) is 0 Å². The molecule has 0 saturated carbocycles. The van der Waals surface area contributed by atoms with Gasteiger partial charge in [-0.1, -0.05) is 48.5 Å². The molecule has 6 heteroatoms. The van der Waals surface area contributed by atoms with E-state index in [1.165, 1.54) is 23.9 Å². The summed E-state index contributed by atoms with van der Waals surface area (Å²) < 4.78 is 19.4. The second kappa shape index (κ2) is 8.65. The molecular formula is C25H21FN2O2S. The summed E-state index contributed by atoms with van der Waals surface area (Å²) in [6.07, 6.45) is 3.67. The van der Waals surface area contributed by atoms with Gasteiger partial charge in [-0.25, -0.2) is 9.38 Å². The molecular weight excluding hydrogens is 411 g/mol. The highest BCUT2D eigenvalue weighted by molar-refractivity contribution is 8.18. The number of carbonyl (C=O) groups is 1. The Morgan fingerprint density at radius 3 is 2.81 bits per heavy atom. The number of hydrogen-bond acceptors (Lipinski definition) is 4. The first-order valence-corrected chi connectivity index (χ1v) is 11.1. The molecule has 2 aliphatic rings. The zero-order chi connectivity index (χ0) is 21.2. The van der Waals surface area contributed by atoms with Gasteiger partial charge in [-0.2, -0.15) is 0 Å². The minimum Gasteiger partial charge on any atom is -0.376 e. The van der Waals surface area contributed by atoms with Crippen LogP contribution in [0.25, 0.3) is 16.8 Å². The Hall–Kier alpha value is -2.96. The summed E-state index contributed by atoms with van der Waals surface area (Å²) in [5, 5.41) is 2.75. The normalized spacial score (nSPS) is 21.6. The fraction of sp³-hybridized carbons (Fsp3) is 0.200. The van der Waals surface area contributed by atoms with Gasteiger partial charge in [-0.05, 0) is 59.8 Å². The first-order chi connectivity index (χ1) is 15.2. The predicted octanol–water partition coefficient (Wildman–Crippen LogP) is 5.76. The number of thioether (sulfide) groups is 1. The third kappa shape index (κ3) is 4.27. The molecule has 3 aromatic carbocycles. The van der Waals surface area contributed by atoms with Crippen molar-refractivity contribution in [1.29, 1.82) is 0 Å². The maximum absolute atomic E-state index is 13.6. The van der Waals surface area contributed by atoms with Crippen LogP contribution in [0.3, 0.4) is 0 Å². The number of rotatable bonds is 4. The molecule has 5 rings (SSSR count). The molecule has 2 saturated heterocycles. The van der Waals surface area contributed by atoms with Crippen LogP contribution in [-0.2, 0) is 9.53 Å². The number of benzene rings is 3. The number of amides is 1. The lowest BCUT2D eigenvalue weighted by atomic mass is 10.1. The number of aliphatic imine (C=N–C) groups is 1. The fourth-order valence-electron chi connectivity index (χ4n) is 3.90. The lowest BCUT2D eigenvalue weighted by Crippen LogP contribution is -2.36. The number of halogens is 1. The molecule has 2 heterocycles. The van der Waals surface area contributed by atoms with E-state index in [9.17, 15) is 9.18 Å². The van der Waals surface area contributed by atoms with E-state index < -0.39 is 0 Å². The van der Waals surface area contributed by atoms with Crippen LogP contribution < -0.4 is 0 Å². The Balaban J connectivity index is 1.54. The second-order valence-electron chi connectivity index (χ2n) is 7.61. The van der Waals surface area contributed by atoms with Gasteiger partial charge in [-0.15, -0.1) is 0 Å². The molecule has 4 nitrogen and oxygen atoms in total. The SMILES string of the molecule is O=C1/C(=C/c2cccc(F)c2)SC(=Nc2cccc3ccccc23)N1CC1CCCO1. The van der Waals surface area contributed by atoms with Crippen LogP contribution in [0.4, 0.5) is 10.1 Å². The first kappa shape index (κ1) is 20.0. The van der Waals surface area contributed by atoms with Gasteiger partial charge in [0, 0.05) is 12.0 Å². The van der Waals surface area contributed by atoms with Gasteiger partial charge in [0.05, 0.1) is 23.2 Å². The van der Waals surface area contributed by atoms with E-state index in [1.807, 2.05) is 42.5 Å². The lowest BCUT2D eigenvalue weighted by molar-refractivity contribution is -0.123. The number of ether oxygens (including phenoxy) is 1. The summed E-state index contributed by atoms with van der Waals surface area (Å²) in [5.74, 6) is -0.450. The van der Waals surface area contributed by atoms with Gasteiger partial charge in [0.25, 0.3) is 5.91 Å². The number of hydrogen-bond donors (Lipinski definition) is 0. The molecule has 2 fully saturated rings. The van der Waals surface area contributed by atoms with E-state index >= 15 is 0 Å². The summed E-state index contributed by atoms with van der Waals surface area (Å²) in [5.41, 5.74) is 1.47.